The lowest BCUT2D eigenvalue weighted by molar-refractivity contribution is -0.136. The highest BCUT2D eigenvalue weighted by Crippen LogP contribution is 2.27. The molecular weight excluding hydrogens is 424 g/mol. The molecule has 2 heterocycles. The first kappa shape index (κ1) is 24.0. The highest BCUT2D eigenvalue weighted by molar-refractivity contribution is 5.89. The Kier molecular flexibility index (Phi) is 7.68. The number of hydrogen-bond donors (Lipinski definition) is 1. The summed E-state index contributed by atoms with van der Waals surface area (Å²) in [6, 6.07) is 18.6. The number of amides is 2. The van der Waals surface area contributed by atoms with Crippen molar-refractivity contribution in [1.82, 2.24) is 19.7 Å². The number of carbonyl (C=O) groups is 2. The summed E-state index contributed by atoms with van der Waals surface area (Å²) in [6.45, 7) is 1.89. The Morgan fingerprint density at radius 2 is 1.68 bits per heavy atom. The van der Waals surface area contributed by atoms with Crippen LogP contribution in [0.15, 0.2) is 60.8 Å². The highest BCUT2D eigenvalue weighted by atomic mass is 16.2. The molecule has 0 radical (unpaired) electrons. The van der Waals surface area contributed by atoms with E-state index in [2.05, 4.69) is 35.3 Å². The summed E-state index contributed by atoms with van der Waals surface area (Å²) >= 11 is 0. The zero-order valence-corrected chi connectivity index (χ0v) is 20.5. The number of para-hydroxylation sites is 1. The SMILES string of the molecule is CN(C)CC(=O)N(C)[C@H](Cc1ccccc1)C1CCN(C(=O)Cc2c[nH]c3ccccc23)CC1. The standard InChI is InChI=1S/C28H36N4O2/c1-30(2)20-28(34)31(3)26(17-21-9-5-4-6-10-21)22-13-15-32(16-14-22)27(33)18-23-19-29-25-12-8-7-11-24(23)25/h4-12,19,22,26,29H,13-18,20H2,1-3H3/t26-/m1/s1. The topological polar surface area (TPSA) is 59.7 Å². The number of piperidine rings is 1. The minimum atomic E-state index is 0.126. The molecule has 1 saturated heterocycles. The summed E-state index contributed by atoms with van der Waals surface area (Å²) in [5.41, 5.74) is 3.37. The lowest BCUT2D eigenvalue weighted by Crippen LogP contribution is -2.50. The molecule has 34 heavy (non-hydrogen) atoms. The molecule has 2 amide bonds. The minimum Gasteiger partial charge on any atom is -0.361 e. The molecule has 1 N–H and O–H groups in total. The van der Waals surface area contributed by atoms with Gasteiger partial charge in [0.05, 0.1) is 13.0 Å². The second-order valence-corrected chi connectivity index (χ2v) is 9.75. The number of likely N-dealkylation sites (tertiary alicyclic amines) is 1. The van der Waals surface area contributed by atoms with Crippen molar-refractivity contribution in [3.05, 3.63) is 71.9 Å². The van der Waals surface area contributed by atoms with Gasteiger partial charge in [-0.3, -0.25) is 9.59 Å². The summed E-state index contributed by atoms with van der Waals surface area (Å²) in [5.74, 6) is 0.692. The number of aromatic nitrogens is 1. The van der Waals surface area contributed by atoms with E-state index in [9.17, 15) is 9.59 Å². The summed E-state index contributed by atoms with van der Waals surface area (Å²) in [4.78, 5) is 35.1. The first-order chi connectivity index (χ1) is 16.4. The van der Waals surface area contributed by atoms with Crippen LogP contribution in [0.5, 0.6) is 0 Å². The lowest BCUT2D eigenvalue weighted by Gasteiger charge is -2.40. The molecule has 0 spiro atoms. The number of nitrogens with one attached hydrogen (secondary N) is 1. The summed E-state index contributed by atoms with van der Waals surface area (Å²) in [5, 5.41) is 1.12. The summed E-state index contributed by atoms with van der Waals surface area (Å²) in [6.07, 6.45) is 5.04. The molecule has 0 bridgehead atoms. The van der Waals surface area contributed by atoms with Gasteiger partial charge in [-0.25, -0.2) is 0 Å². The van der Waals surface area contributed by atoms with E-state index in [0.29, 0.717) is 18.9 Å². The van der Waals surface area contributed by atoms with Crippen LogP contribution in [0.1, 0.15) is 24.0 Å². The van der Waals surface area contributed by atoms with E-state index in [1.54, 1.807) is 0 Å². The number of fused-ring (bicyclic) bond motifs is 1. The Bertz CT molecular complexity index is 1100. The molecule has 1 fully saturated rings. The number of rotatable bonds is 8. The quantitative estimate of drug-likeness (QED) is 0.559. The Morgan fingerprint density at radius 1 is 1.00 bits per heavy atom. The van der Waals surface area contributed by atoms with Crippen LogP contribution in [-0.4, -0.2) is 78.3 Å². The molecule has 0 unspecified atom stereocenters. The predicted molar refractivity (Wildman–Crippen MR) is 137 cm³/mol. The molecule has 0 aliphatic carbocycles. The van der Waals surface area contributed by atoms with Crippen molar-refractivity contribution in [3.63, 3.8) is 0 Å². The van der Waals surface area contributed by atoms with Gasteiger partial charge in [-0.05, 0) is 56.5 Å². The van der Waals surface area contributed by atoms with Crippen LogP contribution in [0.4, 0.5) is 0 Å². The van der Waals surface area contributed by atoms with E-state index in [0.717, 1.165) is 48.8 Å². The molecule has 1 aliphatic rings. The number of hydrogen-bond acceptors (Lipinski definition) is 3. The number of aromatic amines is 1. The van der Waals surface area contributed by atoms with E-state index >= 15 is 0 Å². The lowest BCUT2D eigenvalue weighted by atomic mass is 9.84. The zero-order chi connectivity index (χ0) is 24.1. The fraction of sp³-hybridized carbons (Fsp3) is 0.429. The van der Waals surface area contributed by atoms with Gasteiger partial charge < -0.3 is 19.7 Å². The number of H-pyrrole nitrogens is 1. The van der Waals surface area contributed by atoms with E-state index in [4.69, 9.17) is 0 Å². The number of likely N-dealkylation sites (N-methyl/N-ethyl adjacent to an activating group) is 2. The Balaban J connectivity index is 1.41. The van der Waals surface area contributed by atoms with Crippen LogP contribution in [-0.2, 0) is 22.4 Å². The Morgan fingerprint density at radius 3 is 2.38 bits per heavy atom. The van der Waals surface area contributed by atoms with Crippen molar-refractivity contribution in [3.8, 4) is 0 Å². The second kappa shape index (κ2) is 10.9. The van der Waals surface area contributed by atoms with Gasteiger partial charge in [0.15, 0.2) is 0 Å². The molecule has 3 aromatic rings. The van der Waals surface area contributed by atoms with Gasteiger partial charge in [0.2, 0.25) is 11.8 Å². The van der Waals surface area contributed by atoms with Gasteiger partial charge in [-0.15, -0.1) is 0 Å². The second-order valence-electron chi connectivity index (χ2n) is 9.75. The van der Waals surface area contributed by atoms with Crippen LogP contribution in [0.2, 0.25) is 0 Å². The molecule has 180 valence electrons. The Labute approximate surface area is 202 Å². The van der Waals surface area contributed by atoms with Gasteiger partial charge in [-0.2, -0.15) is 0 Å². The predicted octanol–water partition coefficient (Wildman–Crippen LogP) is 3.58. The average molecular weight is 461 g/mol. The first-order valence-corrected chi connectivity index (χ1v) is 12.2. The van der Waals surface area contributed by atoms with Crippen LogP contribution < -0.4 is 0 Å². The molecule has 2 aromatic carbocycles. The minimum absolute atomic E-state index is 0.126. The van der Waals surface area contributed by atoms with E-state index in [1.165, 1.54) is 5.56 Å². The van der Waals surface area contributed by atoms with Gasteiger partial charge in [0, 0.05) is 43.3 Å². The third-order valence-corrected chi connectivity index (χ3v) is 7.08. The third kappa shape index (κ3) is 5.68. The zero-order valence-electron chi connectivity index (χ0n) is 20.5. The molecule has 4 rings (SSSR count). The van der Waals surface area contributed by atoms with Gasteiger partial charge in [0.25, 0.3) is 0 Å². The van der Waals surface area contributed by atoms with Gasteiger partial charge in [0.1, 0.15) is 0 Å². The largest absolute Gasteiger partial charge is 0.361 e. The number of nitrogens with zero attached hydrogens (tertiary/aromatic N) is 3. The van der Waals surface area contributed by atoms with Crippen molar-refractivity contribution >= 4 is 22.7 Å². The number of carbonyl (C=O) groups excluding carboxylic acids is 2. The molecule has 1 aromatic heterocycles. The molecule has 0 saturated carbocycles. The summed E-state index contributed by atoms with van der Waals surface area (Å²) in [7, 11) is 5.79. The molecule has 1 aliphatic heterocycles. The monoisotopic (exact) mass is 460 g/mol. The van der Waals surface area contributed by atoms with Crippen molar-refractivity contribution in [2.24, 2.45) is 5.92 Å². The van der Waals surface area contributed by atoms with Crippen molar-refractivity contribution in [2.75, 3.05) is 40.8 Å². The third-order valence-electron chi connectivity index (χ3n) is 7.08. The van der Waals surface area contributed by atoms with E-state index in [1.807, 2.05) is 66.3 Å². The molecule has 6 heteroatoms. The molecule has 6 nitrogen and oxygen atoms in total. The maximum Gasteiger partial charge on any atom is 0.236 e. The van der Waals surface area contributed by atoms with Crippen LogP contribution in [0.3, 0.4) is 0 Å². The highest BCUT2D eigenvalue weighted by Gasteiger charge is 2.32. The van der Waals surface area contributed by atoms with Crippen molar-refractivity contribution in [1.29, 1.82) is 0 Å². The Hall–Kier alpha value is -3.12. The fourth-order valence-electron chi connectivity index (χ4n) is 5.13. The maximum atomic E-state index is 13.1. The van der Waals surface area contributed by atoms with Crippen LogP contribution in [0.25, 0.3) is 10.9 Å². The average Bonchev–Trinajstić information content (AvgIpc) is 3.25. The van der Waals surface area contributed by atoms with Crippen LogP contribution >= 0.6 is 0 Å². The van der Waals surface area contributed by atoms with Gasteiger partial charge in [-0.1, -0.05) is 48.5 Å². The molecule has 1 atom stereocenters. The summed E-state index contributed by atoms with van der Waals surface area (Å²) < 4.78 is 0. The normalized spacial score (nSPS) is 15.6. The molecular formula is C28H36N4O2. The first-order valence-electron chi connectivity index (χ1n) is 12.2. The van der Waals surface area contributed by atoms with E-state index < -0.39 is 0 Å². The van der Waals surface area contributed by atoms with Crippen LogP contribution in [0, 0.1) is 5.92 Å². The fourth-order valence-corrected chi connectivity index (χ4v) is 5.13. The number of benzene rings is 2. The van der Waals surface area contributed by atoms with E-state index in [-0.39, 0.29) is 17.9 Å². The van der Waals surface area contributed by atoms with Crippen molar-refractivity contribution < 1.29 is 9.59 Å². The smallest absolute Gasteiger partial charge is 0.236 e. The maximum absolute atomic E-state index is 13.1. The van der Waals surface area contributed by atoms with Gasteiger partial charge >= 0.3 is 0 Å². The van der Waals surface area contributed by atoms with Crippen molar-refractivity contribution in [2.45, 2.75) is 31.7 Å².